The van der Waals surface area contributed by atoms with Crippen molar-refractivity contribution in [1.29, 1.82) is 0 Å². The van der Waals surface area contributed by atoms with Crippen LogP contribution in [0.1, 0.15) is 66.3 Å². The van der Waals surface area contributed by atoms with Crippen molar-refractivity contribution >= 4 is 88.9 Å². The molecule has 0 radical (unpaired) electrons. The number of carbonyl (C=O) groups excluding carboxylic acids is 2. The van der Waals surface area contributed by atoms with Crippen molar-refractivity contribution in [3.63, 3.8) is 0 Å². The molecule has 0 spiro atoms. The highest BCUT2D eigenvalue weighted by atomic mass is 79.9. The van der Waals surface area contributed by atoms with E-state index in [-0.39, 0.29) is 11.8 Å². The molecule has 6 rings (SSSR count). The molecule has 0 N–H and O–H groups in total. The number of hydrogen-bond donors (Lipinski definition) is 0. The number of halogens is 2. The SMILES string of the molecule is CCCCCCCCc1ccc(N2C(=O)C(c3ccc(Br)s3)=C3C2=C(c2ccc(Br)s2)C(=O)N3c2ccc(C)cc2)cc1. The van der Waals surface area contributed by atoms with E-state index in [4.69, 9.17) is 0 Å². The van der Waals surface area contributed by atoms with Crippen molar-refractivity contribution in [3.05, 3.63) is 113 Å². The van der Waals surface area contributed by atoms with Crippen LogP contribution in [-0.4, -0.2) is 11.8 Å². The fourth-order valence-electron chi connectivity index (χ4n) is 5.75. The van der Waals surface area contributed by atoms with Gasteiger partial charge in [-0.25, -0.2) is 0 Å². The molecule has 8 heteroatoms. The number of nitrogens with zero attached hydrogens (tertiary/aromatic N) is 2. The standard InChI is InChI=1S/C35H32Br2N2O2S2/c1-3-4-5-6-7-8-9-23-12-16-25(17-13-23)39-33-31(27-19-21-29(37)43-27)34(40)38(24-14-10-22(2)11-15-24)32(33)30(35(39)41)26-18-20-28(36)42-26/h10-21H,3-9H2,1-2H3. The number of unbranched alkanes of at least 4 members (excludes halogenated alkanes) is 5. The van der Waals surface area contributed by atoms with Crippen LogP contribution in [0.3, 0.4) is 0 Å². The number of thiophene rings is 2. The molecule has 43 heavy (non-hydrogen) atoms. The lowest BCUT2D eigenvalue weighted by Gasteiger charge is -2.20. The zero-order valence-corrected chi connectivity index (χ0v) is 29.0. The monoisotopic (exact) mass is 734 g/mol. The molecule has 0 unspecified atom stereocenters. The molecule has 220 valence electrons. The van der Waals surface area contributed by atoms with Gasteiger partial charge >= 0.3 is 0 Å². The van der Waals surface area contributed by atoms with Gasteiger partial charge in [-0.2, -0.15) is 0 Å². The molecular formula is C35H32Br2N2O2S2. The van der Waals surface area contributed by atoms with Gasteiger partial charge in [-0.05, 0) is 106 Å². The van der Waals surface area contributed by atoms with Crippen LogP contribution < -0.4 is 9.80 Å². The normalized spacial score (nSPS) is 15.0. The van der Waals surface area contributed by atoms with E-state index in [0.717, 1.165) is 47.1 Å². The number of aryl methyl sites for hydroxylation is 2. The van der Waals surface area contributed by atoms with E-state index in [2.05, 4.69) is 50.9 Å². The molecular weight excluding hydrogens is 704 g/mol. The molecule has 2 aromatic carbocycles. The Bertz CT molecular complexity index is 1730. The maximum Gasteiger partial charge on any atom is 0.266 e. The number of anilines is 2. The van der Waals surface area contributed by atoms with Crippen molar-refractivity contribution in [2.75, 3.05) is 9.80 Å². The second-order valence-corrected chi connectivity index (χ2v) is 15.9. The first kappa shape index (κ1) is 30.3. The first-order chi connectivity index (χ1) is 20.9. The van der Waals surface area contributed by atoms with Gasteiger partial charge in [0.15, 0.2) is 0 Å². The molecule has 0 saturated heterocycles. The van der Waals surface area contributed by atoms with E-state index in [1.54, 1.807) is 9.80 Å². The van der Waals surface area contributed by atoms with Crippen LogP contribution in [0.25, 0.3) is 11.1 Å². The summed E-state index contributed by atoms with van der Waals surface area (Å²) in [6.07, 6.45) is 8.58. The Balaban J connectivity index is 1.44. The minimum atomic E-state index is -0.131. The predicted molar refractivity (Wildman–Crippen MR) is 188 cm³/mol. The third-order valence-electron chi connectivity index (χ3n) is 7.92. The largest absolute Gasteiger partial charge is 0.274 e. The third kappa shape index (κ3) is 5.99. The fourth-order valence-corrected chi connectivity index (χ4v) is 8.60. The van der Waals surface area contributed by atoms with Crippen molar-refractivity contribution in [1.82, 2.24) is 0 Å². The summed E-state index contributed by atoms with van der Waals surface area (Å²) in [7, 11) is 0. The Morgan fingerprint density at radius 1 is 0.605 bits per heavy atom. The van der Waals surface area contributed by atoms with Gasteiger partial charge in [-0.15, -0.1) is 22.7 Å². The van der Waals surface area contributed by atoms with Crippen LogP contribution in [0.5, 0.6) is 0 Å². The average molecular weight is 737 g/mol. The van der Waals surface area contributed by atoms with Crippen molar-refractivity contribution in [2.24, 2.45) is 0 Å². The quantitative estimate of drug-likeness (QED) is 0.144. The summed E-state index contributed by atoms with van der Waals surface area (Å²) in [4.78, 5) is 34.1. The van der Waals surface area contributed by atoms with E-state index in [0.29, 0.717) is 22.5 Å². The zero-order valence-electron chi connectivity index (χ0n) is 24.2. The molecule has 2 aliphatic heterocycles. The third-order valence-corrected chi connectivity index (χ3v) is 11.2. The van der Waals surface area contributed by atoms with Crippen LogP contribution in [0.15, 0.2) is 91.8 Å². The predicted octanol–water partition coefficient (Wildman–Crippen LogP) is 10.8. The number of amides is 2. The Kier molecular flexibility index (Phi) is 9.19. The summed E-state index contributed by atoms with van der Waals surface area (Å²) in [5, 5.41) is 0. The number of fused-ring (bicyclic) bond motifs is 1. The molecule has 4 aromatic rings. The van der Waals surface area contributed by atoms with Gasteiger partial charge in [0.25, 0.3) is 11.8 Å². The topological polar surface area (TPSA) is 40.6 Å². The Morgan fingerprint density at radius 3 is 1.53 bits per heavy atom. The molecule has 0 bridgehead atoms. The van der Waals surface area contributed by atoms with Crippen molar-refractivity contribution < 1.29 is 9.59 Å². The molecule has 2 aliphatic rings. The van der Waals surface area contributed by atoms with E-state index in [1.165, 1.54) is 60.3 Å². The lowest BCUT2D eigenvalue weighted by Crippen LogP contribution is -2.27. The molecule has 4 heterocycles. The average Bonchev–Trinajstić information content (AvgIpc) is 3.75. The van der Waals surface area contributed by atoms with Gasteiger partial charge in [0.2, 0.25) is 0 Å². The van der Waals surface area contributed by atoms with Gasteiger partial charge in [0, 0.05) is 21.1 Å². The van der Waals surface area contributed by atoms with Crippen molar-refractivity contribution in [3.8, 4) is 0 Å². The van der Waals surface area contributed by atoms with Crippen LogP contribution >= 0.6 is 54.5 Å². The summed E-state index contributed by atoms with van der Waals surface area (Å²) in [5.74, 6) is -0.255. The highest BCUT2D eigenvalue weighted by Gasteiger charge is 2.50. The number of hydrogen-bond acceptors (Lipinski definition) is 4. The molecule has 0 aliphatic carbocycles. The summed E-state index contributed by atoms with van der Waals surface area (Å²) >= 11 is 10.2. The zero-order chi connectivity index (χ0) is 30.1. The Labute approximate surface area is 278 Å². The summed E-state index contributed by atoms with van der Waals surface area (Å²) in [5.41, 5.74) is 6.25. The van der Waals surface area contributed by atoms with Crippen LogP contribution in [0.2, 0.25) is 0 Å². The van der Waals surface area contributed by atoms with Crippen LogP contribution in [-0.2, 0) is 16.0 Å². The minimum absolute atomic E-state index is 0.124. The van der Waals surface area contributed by atoms with E-state index in [9.17, 15) is 9.59 Å². The molecule has 0 fully saturated rings. The molecule has 2 amide bonds. The molecule has 0 atom stereocenters. The fraction of sp³-hybridized carbons (Fsp3) is 0.257. The number of rotatable bonds is 11. The van der Waals surface area contributed by atoms with Gasteiger partial charge in [0.05, 0.1) is 30.1 Å². The molecule has 0 saturated carbocycles. The van der Waals surface area contributed by atoms with Gasteiger partial charge in [-0.3, -0.25) is 19.4 Å². The summed E-state index contributed by atoms with van der Waals surface area (Å²) in [6, 6.07) is 24.1. The molecule has 4 nitrogen and oxygen atoms in total. The number of benzene rings is 2. The van der Waals surface area contributed by atoms with Gasteiger partial charge in [-0.1, -0.05) is 68.9 Å². The van der Waals surface area contributed by atoms with Gasteiger partial charge < -0.3 is 0 Å². The maximum atomic E-state index is 14.5. The second kappa shape index (κ2) is 13.1. The lowest BCUT2D eigenvalue weighted by atomic mass is 10.0. The van der Waals surface area contributed by atoms with E-state index in [1.807, 2.05) is 67.6 Å². The lowest BCUT2D eigenvalue weighted by molar-refractivity contribution is -0.112. The first-order valence-electron chi connectivity index (χ1n) is 14.7. The minimum Gasteiger partial charge on any atom is -0.274 e. The smallest absolute Gasteiger partial charge is 0.266 e. The van der Waals surface area contributed by atoms with Crippen molar-refractivity contribution in [2.45, 2.75) is 58.8 Å². The molecule has 2 aromatic heterocycles. The summed E-state index contributed by atoms with van der Waals surface area (Å²) < 4.78 is 1.86. The Morgan fingerprint density at radius 2 is 1.07 bits per heavy atom. The van der Waals surface area contributed by atoms with Gasteiger partial charge in [0.1, 0.15) is 0 Å². The summed E-state index contributed by atoms with van der Waals surface area (Å²) in [6.45, 7) is 4.27. The highest BCUT2D eigenvalue weighted by Crippen LogP contribution is 2.52. The Hall–Kier alpha value is -2.78. The second-order valence-electron chi connectivity index (χ2n) is 11.0. The van der Waals surface area contributed by atoms with E-state index >= 15 is 0 Å². The maximum absolute atomic E-state index is 14.5. The number of carbonyl (C=O) groups is 2. The highest BCUT2D eigenvalue weighted by molar-refractivity contribution is 9.11. The first-order valence-corrected chi connectivity index (χ1v) is 17.9. The van der Waals surface area contributed by atoms with Crippen LogP contribution in [0, 0.1) is 6.92 Å². The van der Waals surface area contributed by atoms with E-state index < -0.39 is 0 Å². The van der Waals surface area contributed by atoms with Crippen LogP contribution in [0.4, 0.5) is 11.4 Å².